The third-order valence-corrected chi connectivity index (χ3v) is 5.54. The fourth-order valence-electron chi connectivity index (χ4n) is 4.06. The second-order valence-electron chi connectivity index (χ2n) is 7.64. The van der Waals surface area contributed by atoms with Crippen molar-refractivity contribution in [2.24, 2.45) is 0 Å². The third-order valence-electron chi connectivity index (χ3n) is 5.54. The van der Waals surface area contributed by atoms with Gasteiger partial charge in [0.25, 0.3) is 5.56 Å². The molecular weight excluding hydrogens is 450 g/mol. The van der Waals surface area contributed by atoms with E-state index in [-0.39, 0.29) is 17.3 Å². The average Bonchev–Trinajstić information content (AvgIpc) is 2.87. The fraction of sp³-hybridized carbons (Fsp3) is 0.192. The number of hydrogen-bond acceptors (Lipinski definition) is 7. The van der Waals surface area contributed by atoms with Crippen LogP contribution < -0.4 is 25.1 Å². The average molecular weight is 476 g/mol. The summed E-state index contributed by atoms with van der Waals surface area (Å²) in [6.07, 6.45) is 0. The molecule has 0 unspecified atom stereocenters. The molecule has 0 atom stereocenters. The predicted octanol–water partition coefficient (Wildman–Crippen LogP) is 3.53. The van der Waals surface area contributed by atoms with Gasteiger partial charge in [-0.05, 0) is 29.8 Å². The number of hydrogen-bond donors (Lipinski definition) is 2. The van der Waals surface area contributed by atoms with Crippen LogP contribution in [0.25, 0.3) is 27.7 Å². The molecule has 9 nitrogen and oxygen atoms in total. The van der Waals surface area contributed by atoms with Gasteiger partial charge < -0.3 is 24.6 Å². The number of nitrogens with one attached hydrogen (secondary N) is 1. The van der Waals surface area contributed by atoms with Gasteiger partial charge in [0.15, 0.2) is 11.5 Å². The molecule has 0 bridgehead atoms. The number of para-hydroxylation sites is 1. The molecule has 0 fully saturated rings. The molecule has 0 spiro atoms. The molecule has 4 rings (SSSR count). The molecule has 1 heterocycles. The van der Waals surface area contributed by atoms with E-state index in [2.05, 4.69) is 10.3 Å². The Kier molecular flexibility index (Phi) is 6.70. The first-order valence-corrected chi connectivity index (χ1v) is 10.8. The summed E-state index contributed by atoms with van der Waals surface area (Å²) in [5, 5.41) is 13.1. The Balaban J connectivity index is 1.91. The first kappa shape index (κ1) is 23.8. The molecule has 0 saturated heterocycles. The Labute approximate surface area is 201 Å². The molecule has 1 amide bonds. The van der Waals surface area contributed by atoms with Gasteiger partial charge in [0, 0.05) is 13.0 Å². The quantitative estimate of drug-likeness (QED) is 0.421. The Bertz CT molecular complexity index is 1460. The Hall–Kier alpha value is -4.37. The van der Waals surface area contributed by atoms with E-state index in [4.69, 9.17) is 14.2 Å². The predicted molar refractivity (Wildman–Crippen MR) is 133 cm³/mol. The Morgan fingerprint density at radius 3 is 2.29 bits per heavy atom. The molecule has 9 heteroatoms. The van der Waals surface area contributed by atoms with Gasteiger partial charge in [-0.1, -0.05) is 24.3 Å². The van der Waals surface area contributed by atoms with Crippen molar-refractivity contribution in [3.05, 3.63) is 70.8 Å². The zero-order valence-electron chi connectivity index (χ0n) is 19.8. The molecule has 2 N–H and O–H groups in total. The molecule has 35 heavy (non-hydrogen) atoms. The van der Waals surface area contributed by atoms with Crippen LogP contribution in [-0.2, 0) is 11.4 Å². The maximum Gasteiger partial charge on any atom is 0.266 e. The first-order valence-electron chi connectivity index (χ1n) is 10.8. The smallest absolute Gasteiger partial charge is 0.266 e. The van der Waals surface area contributed by atoms with E-state index in [1.807, 2.05) is 0 Å². The standard InChI is InChI=1S/C26H25N3O6/c1-15(31)27-20-13-21(33-2)24(34-3)25(35-4)23(20)16-9-11-17(12-10-16)29-22(14-30)28-19-8-6-5-7-18(19)26(29)32/h5-13,30H,14H2,1-4H3,(H,27,31). The molecule has 4 aromatic rings. The summed E-state index contributed by atoms with van der Waals surface area (Å²) >= 11 is 0. The summed E-state index contributed by atoms with van der Waals surface area (Å²) in [6, 6.07) is 15.7. The van der Waals surface area contributed by atoms with Crippen molar-refractivity contribution in [2.45, 2.75) is 13.5 Å². The second kappa shape index (κ2) is 9.86. The highest BCUT2D eigenvalue weighted by Crippen LogP contribution is 2.49. The van der Waals surface area contributed by atoms with E-state index in [0.29, 0.717) is 50.7 Å². The van der Waals surface area contributed by atoms with Gasteiger partial charge in [0.1, 0.15) is 12.4 Å². The number of ether oxygens (including phenoxy) is 3. The van der Waals surface area contributed by atoms with E-state index in [1.54, 1.807) is 54.6 Å². The number of methoxy groups -OCH3 is 3. The first-order chi connectivity index (χ1) is 16.9. The van der Waals surface area contributed by atoms with Crippen LogP contribution >= 0.6 is 0 Å². The van der Waals surface area contributed by atoms with E-state index in [9.17, 15) is 14.7 Å². The number of carbonyl (C=O) groups is 1. The second-order valence-corrected chi connectivity index (χ2v) is 7.64. The van der Waals surface area contributed by atoms with E-state index < -0.39 is 6.61 Å². The van der Waals surface area contributed by atoms with Gasteiger partial charge in [0.05, 0.1) is 49.2 Å². The lowest BCUT2D eigenvalue weighted by Crippen LogP contribution is -2.23. The molecule has 0 aliphatic rings. The summed E-state index contributed by atoms with van der Waals surface area (Å²) in [5.74, 6) is 1.11. The van der Waals surface area contributed by atoms with Gasteiger partial charge in [-0.15, -0.1) is 0 Å². The highest BCUT2D eigenvalue weighted by atomic mass is 16.5. The van der Waals surface area contributed by atoms with E-state index in [1.165, 1.54) is 32.8 Å². The molecule has 3 aromatic carbocycles. The van der Waals surface area contributed by atoms with Crippen LogP contribution in [0.3, 0.4) is 0 Å². The molecule has 0 radical (unpaired) electrons. The van der Waals surface area contributed by atoms with Crippen molar-refractivity contribution in [3.8, 4) is 34.1 Å². The number of aliphatic hydroxyl groups excluding tert-OH is 1. The van der Waals surface area contributed by atoms with Crippen LogP contribution in [0.4, 0.5) is 5.69 Å². The van der Waals surface area contributed by atoms with Gasteiger partial charge in [-0.2, -0.15) is 0 Å². The van der Waals surface area contributed by atoms with Crippen molar-refractivity contribution in [1.29, 1.82) is 0 Å². The van der Waals surface area contributed by atoms with Crippen molar-refractivity contribution < 1.29 is 24.1 Å². The summed E-state index contributed by atoms with van der Waals surface area (Å²) in [6.45, 7) is 1.00. The third kappa shape index (κ3) is 4.29. The van der Waals surface area contributed by atoms with Crippen molar-refractivity contribution in [2.75, 3.05) is 26.6 Å². The number of fused-ring (bicyclic) bond motifs is 1. The maximum absolute atomic E-state index is 13.2. The van der Waals surface area contributed by atoms with E-state index in [0.717, 1.165) is 0 Å². The van der Waals surface area contributed by atoms with Crippen molar-refractivity contribution in [1.82, 2.24) is 9.55 Å². The zero-order valence-corrected chi connectivity index (χ0v) is 19.8. The topological polar surface area (TPSA) is 112 Å². The van der Waals surface area contributed by atoms with Crippen LogP contribution in [0.15, 0.2) is 59.4 Å². The van der Waals surface area contributed by atoms with Gasteiger partial charge in [-0.25, -0.2) is 4.98 Å². The van der Waals surface area contributed by atoms with Crippen LogP contribution in [0.2, 0.25) is 0 Å². The Morgan fingerprint density at radius 2 is 1.69 bits per heavy atom. The normalized spacial score (nSPS) is 10.8. The van der Waals surface area contributed by atoms with Gasteiger partial charge in [-0.3, -0.25) is 14.2 Å². The van der Waals surface area contributed by atoms with E-state index >= 15 is 0 Å². The molecule has 0 saturated carbocycles. The Morgan fingerprint density at radius 1 is 1.00 bits per heavy atom. The number of aromatic nitrogens is 2. The van der Waals surface area contributed by atoms with Gasteiger partial charge >= 0.3 is 0 Å². The minimum atomic E-state index is -0.405. The number of nitrogens with zero attached hydrogens (tertiary/aromatic N) is 2. The summed E-state index contributed by atoms with van der Waals surface area (Å²) in [7, 11) is 4.50. The number of rotatable bonds is 7. The monoisotopic (exact) mass is 475 g/mol. The summed E-state index contributed by atoms with van der Waals surface area (Å²) in [5.41, 5.74) is 2.52. The SMILES string of the molecule is COc1cc(NC(C)=O)c(-c2ccc(-n3c(CO)nc4ccccc4c3=O)cc2)c(OC)c1OC. The minimum Gasteiger partial charge on any atom is -0.493 e. The zero-order chi connectivity index (χ0) is 25.1. The highest BCUT2D eigenvalue weighted by Gasteiger charge is 2.23. The minimum absolute atomic E-state index is 0.226. The molecule has 0 aliphatic carbocycles. The number of benzene rings is 3. The summed E-state index contributed by atoms with van der Waals surface area (Å²) < 4.78 is 18.0. The van der Waals surface area contributed by atoms with Crippen LogP contribution in [-0.4, -0.2) is 41.9 Å². The maximum atomic E-state index is 13.2. The molecule has 1 aromatic heterocycles. The van der Waals surface area contributed by atoms with Crippen molar-refractivity contribution in [3.63, 3.8) is 0 Å². The van der Waals surface area contributed by atoms with Gasteiger partial charge in [0.2, 0.25) is 11.7 Å². The fourth-order valence-corrected chi connectivity index (χ4v) is 4.06. The van der Waals surface area contributed by atoms with Crippen LogP contribution in [0.5, 0.6) is 17.2 Å². The molecule has 0 aliphatic heterocycles. The molecule has 180 valence electrons. The lowest BCUT2D eigenvalue weighted by atomic mass is 10.0. The molecular formula is C26H25N3O6. The lowest BCUT2D eigenvalue weighted by molar-refractivity contribution is -0.114. The highest BCUT2D eigenvalue weighted by molar-refractivity contribution is 5.98. The number of carbonyl (C=O) groups excluding carboxylic acids is 1. The van der Waals surface area contributed by atoms with Crippen LogP contribution in [0, 0.1) is 0 Å². The summed E-state index contributed by atoms with van der Waals surface area (Å²) in [4.78, 5) is 29.6. The lowest BCUT2D eigenvalue weighted by Gasteiger charge is -2.20. The number of amides is 1. The number of aliphatic hydroxyl groups is 1. The number of anilines is 1. The largest absolute Gasteiger partial charge is 0.493 e. The van der Waals surface area contributed by atoms with Crippen molar-refractivity contribution >= 4 is 22.5 Å². The van der Waals surface area contributed by atoms with Crippen LogP contribution in [0.1, 0.15) is 12.7 Å².